The molecule has 2 heterocycles. The number of carboxylic acids is 1. The summed E-state index contributed by atoms with van der Waals surface area (Å²) >= 11 is 0. The number of carbonyl (C=O) groups excluding carboxylic acids is 1. The zero-order chi connectivity index (χ0) is 15.8. The minimum Gasteiger partial charge on any atom is -0.481 e. The quantitative estimate of drug-likeness (QED) is 0.793. The molecule has 0 saturated carbocycles. The number of imidazole rings is 1. The Morgan fingerprint density at radius 3 is 2.55 bits per heavy atom. The summed E-state index contributed by atoms with van der Waals surface area (Å²) in [7, 11) is 0. The van der Waals surface area contributed by atoms with Crippen molar-refractivity contribution >= 4 is 11.9 Å². The van der Waals surface area contributed by atoms with Crippen LogP contribution in [-0.2, 0) is 11.3 Å². The maximum atomic E-state index is 12.4. The van der Waals surface area contributed by atoms with Crippen LogP contribution in [0.25, 0.3) is 0 Å². The number of pyridine rings is 1. The van der Waals surface area contributed by atoms with Crippen molar-refractivity contribution in [2.75, 3.05) is 13.1 Å². The molecule has 116 valence electrons. The summed E-state index contributed by atoms with van der Waals surface area (Å²) < 4.78 is 1.92. The molecule has 0 aromatic carbocycles. The second-order valence-electron chi connectivity index (χ2n) is 4.83. The van der Waals surface area contributed by atoms with Crippen LogP contribution in [0.5, 0.6) is 0 Å². The molecule has 0 radical (unpaired) electrons. The van der Waals surface area contributed by atoms with Crippen molar-refractivity contribution in [3.8, 4) is 0 Å². The van der Waals surface area contributed by atoms with Gasteiger partial charge in [0, 0.05) is 50.0 Å². The first-order valence-electron chi connectivity index (χ1n) is 7.03. The molecule has 0 aliphatic heterocycles. The Bertz CT molecular complexity index is 599. The van der Waals surface area contributed by atoms with Crippen LogP contribution >= 0.6 is 0 Å². The van der Waals surface area contributed by atoms with Crippen LogP contribution in [0, 0.1) is 0 Å². The first-order chi connectivity index (χ1) is 10.7. The number of carboxylic acid groups (broad SMARTS) is 1. The van der Waals surface area contributed by atoms with Gasteiger partial charge >= 0.3 is 5.97 Å². The smallest absolute Gasteiger partial charge is 0.305 e. The Kier molecular flexibility index (Phi) is 5.65. The van der Waals surface area contributed by atoms with Crippen LogP contribution in [0.15, 0.2) is 43.2 Å². The second kappa shape index (κ2) is 7.92. The average molecular weight is 302 g/mol. The highest BCUT2D eigenvalue weighted by Gasteiger charge is 2.16. The van der Waals surface area contributed by atoms with E-state index < -0.39 is 5.97 Å². The van der Waals surface area contributed by atoms with Crippen LogP contribution in [0.2, 0.25) is 0 Å². The maximum absolute atomic E-state index is 12.4. The fourth-order valence-electron chi connectivity index (χ4n) is 2.09. The molecular weight excluding hydrogens is 284 g/mol. The van der Waals surface area contributed by atoms with Gasteiger partial charge in [0.15, 0.2) is 0 Å². The van der Waals surface area contributed by atoms with Crippen molar-refractivity contribution in [3.63, 3.8) is 0 Å². The number of hydrogen-bond donors (Lipinski definition) is 1. The van der Waals surface area contributed by atoms with E-state index in [-0.39, 0.29) is 18.9 Å². The van der Waals surface area contributed by atoms with E-state index in [4.69, 9.17) is 5.11 Å². The van der Waals surface area contributed by atoms with Crippen molar-refractivity contribution in [2.45, 2.75) is 19.4 Å². The molecule has 2 rings (SSSR count). The third-order valence-electron chi connectivity index (χ3n) is 3.21. The summed E-state index contributed by atoms with van der Waals surface area (Å²) in [4.78, 5) is 32.6. The lowest BCUT2D eigenvalue weighted by Crippen LogP contribution is -2.34. The number of rotatable bonds is 8. The van der Waals surface area contributed by atoms with Crippen LogP contribution in [0.3, 0.4) is 0 Å². The van der Waals surface area contributed by atoms with Gasteiger partial charge in [-0.05, 0) is 18.6 Å². The molecule has 0 spiro atoms. The predicted molar refractivity (Wildman–Crippen MR) is 79.2 cm³/mol. The molecule has 0 unspecified atom stereocenters. The minimum absolute atomic E-state index is 0.0676. The molecule has 0 fully saturated rings. The van der Waals surface area contributed by atoms with E-state index in [1.165, 1.54) is 0 Å². The molecule has 0 bridgehead atoms. The Balaban J connectivity index is 1.95. The summed E-state index contributed by atoms with van der Waals surface area (Å²) in [6.45, 7) is 1.42. The highest BCUT2D eigenvalue weighted by Crippen LogP contribution is 2.06. The minimum atomic E-state index is -0.915. The lowest BCUT2D eigenvalue weighted by Gasteiger charge is -2.22. The number of hydrogen-bond acceptors (Lipinski definition) is 4. The van der Waals surface area contributed by atoms with Crippen LogP contribution < -0.4 is 0 Å². The summed E-state index contributed by atoms with van der Waals surface area (Å²) in [6.07, 6.45) is 9.03. The van der Waals surface area contributed by atoms with Crippen molar-refractivity contribution in [1.82, 2.24) is 19.4 Å². The van der Waals surface area contributed by atoms with E-state index in [0.717, 1.165) is 13.0 Å². The van der Waals surface area contributed by atoms with Gasteiger partial charge in [0.05, 0.1) is 12.7 Å². The lowest BCUT2D eigenvalue weighted by atomic mass is 10.2. The highest BCUT2D eigenvalue weighted by molar-refractivity contribution is 5.94. The molecule has 7 nitrogen and oxygen atoms in total. The third-order valence-corrected chi connectivity index (χ3v) is 3.21. The number of nitrogens with zero attached hydrogens (tertiary/aromatic N) is 4. The maximum Gasteiger partial charge on any atom is 0.305 e. The van der Waals surface area contributed by atoms with E-state index in [0.29, 0.717) is 12.1 Å². The third kappa shape index (κ3) is 4.69. The number of aliphatic carboxylic acids is 1. The van der Waals surface area contributed by atoms with Gasteiger partial charge in [-0.25, -0.2) is 4.98 Å². The van der Waals surface area contributed by atoms with Gasteiger partial charge in [-0.3, -0.25) is 14.6 Å². The van der Waals surface area contributed by atoms with E-state index in [1.807, 2.05) is 10.8 Å². The Labute approximate surface area is 128 Å². The summed E-state index contributed by atoms with van der Waals surface area (Å²) in [5.41, 5.74) is 0.517. The zero-order valence-corrected chi connectivity index (χ0v) is 12.1. The van der Waals surface area contributed by atoms with E-state index in [2.05, 4.69) is 9.97 Å². The zero-order valence-electron chi connectivity index (χ0n) is 12.1. The average Bonchev–Trinajstić information content (AvgIpc) is 3.04. The Morgan fingerprint density at radius 2 is 1.91 bits per heavy atom. The molecule has 1 amide bonds. The monoisotopic (exact) mass is 302 g/mol. The molecule has 0 aliphatic carbocycles. The summed E-state index contributed by atoms with van der Waals surface area (Å²) in [6, 6.07) is 3.26. The molecule has 0 aliphatic rings. The molecule has 0 atom stereocenters. The molecule has 0 saturated heterocycles. The first kappa shape index (κ1) is 15.7. The topological polar surface area (TPSA) is 88.3 Å². The van der Waals surface area contributed by atoms with Gasteiger partial charge in [-0.15, -0.1) is 0 Å². The van der Waals surface area contributed by atoms with E-state index in [1.54, 1.807) is 42.0 Å². The summed E-state index contributed by atoms with van der Waals surface area (Å²) in [5, 5.41) is 8.83. The molecule has 1 N–H and O–H groups in total. The van der Waals surface area contributed by atoms with Gasteiger partial charge in [-0.2, -0.15) is 0 Å². The molecule has 22 heavy (non-hydrogen) atoms. The molecule has 2 aromatic rings. The molecule has 7 heteroatoms. The summed E-state index contributed by atoms with van der Waals surface area (Å²) in [5.74, 6) is -1.09. The SMILES string of the molecule is O=C(O)CCN(CCCn1ccnc1)C(=O)c1ccncc1. The van der Waals surface area contributed by atoms with Crippen LogP contribution in [-0.4, -0.2) is 49.5 Å². The van der Waals surface area contributed by atoms with E-state index >= 15 is 0 Å². The van der Waals surface area contributed by atoms with Gasteiger partial charge in [0.25, 0.3) is 5.91 Å². The Hall–Kier alpha value is -2.70. The number of carbonyl (C=O) groups is 2. The number of aromatic nitrogens is 3. The normalized spacial score (nSPS) is 10.4. The standard InChI is InChI=1S/C15H18N4O3/c20-14(21)4-10-19(9-1-8-18-11-7-17-12-18)15(22)13-2-5-16-6-3-13/h2-3,5-7,11-12H,1,4,8-10H2,(H,20,21). The lowest BCUT2D eigenvalue weighted by molar-refractivity contribution is -0.137. The van der Waals surface area contributed by atoms with E-state index in [9.17, 15) is 9.59 Å². The largest absolute Gasteiger partial charge is 0.481 e. The van der Waals surface area contributed by atoms with Gasteiger partial charge in [-0.1, -0.05) is 0 Å². The predicted octanol–water partition coefficient (Wildman–Crippen LogP) is 1.29. The van der Waals surface area contributed by atoms with Crippen LogP contribution in [0.4, 0.5) is 0 Å². The van der Waals surface area contributed by atoms with Crippen molar-refractivity contribution in [3.05, 3.63) is 48.8 Å². The number of amides is 1. The molecular formula is C15H18N4O3. The Morgan fingerprint density at radius 1 is 1.14 bits per heavy atom. The fraction of sp³-hybridized carbons (Fsp3) is 0.333. The van der Waals surface area contributed by atoms with Crippen molar-refractivity contribution in [1.29, 1.82) is 0 Å². The van der Waals surface area contributed by atoms with Crippen molar-refractivity contribution in [2.24, 2.45) is 0 Å². The fourth-order valence-corrected chi connectivity index (χ4v) is 2.09. The van der Waals surface area contributed by atoms with Gasteiger partial charge < -0.3 is 14.6 Å². The molecule has 2 aromatic heterocycles. The highest BCUT2D eigenvalue weighted by atomic mass is 16.4. The number of aryl methyl sites for hydroxylation is 1. The van der Waals surface area contributed by atoms with Gasteiger partial charge in [0.2, 0.25) is 0 Å². The van der Waals surface area contributed by atoms with Crippen molar-refractivity contribution < 1.29 is 14.7 Å². The second-order valence-corrected chi connectivity index (χ2v) is 4.83. The van der Waals surface area contributed by atoms with Crippen LogP contribution in [0.1, 0.15) is 23.2 Å². The first-order valence-corrected chi connectivity index (χ1v) is 7.03. The van der Waals surface area contributed by atoms with Gasteiger partial charge in [0.1, 0.15) is 0 Å².